The van der Waals surface area contributed by atoms with Crippen molar-refractivity contribution in [2.45, 2.75) is 26.3 Å². The monoisotopic (exact) mass is 172 g/mol. The van der Waals surface area contributed by atoms with E-state index < -0.39 is 0 Å². The fraction of sp³-hybridized carbons (Fsp3) is 0.889. The summed E-state index contributed by atoms with van der Waals surface area (Å²) >= 11 is 0. The van der Waals surface area contributed by atoms with Crippen molar-refractivity contribution in [1.82, 2.24) is 4.90 Å². The Morgan fingerprint density at radius 1 is 1.58 bits per heavy atom. The number of aliphatic hydroxyl groups excluding tert-OH is 1. The third-order valence-corrected chi connectivity index (χ3v) is 1.80. The van der Waals surface area contributed by atoms with Gasteiger partial charge in [0.2, 0.25) is 0 Å². The van der Waals surface area contributed by atoms with Gasteiger partial charge in [0.15, 0.2) is 0 Å². The summed E-state index contributed by atoms with van der Waals surface area (Å²) < 4.78 is 0. The zero-order chi connectivity index (χ0) is 9.40. The molecule has 0 aliphatic rings. The summed E-state index contributed by atoms with van der Waals surface area (Å²) in [5.41, 5.74) is 0. The van der Waals surface area contributed by atoms with Gasteiger partial charge in [-0.05, 0) is 26.9 Å². The normalized spacial score (nSPS) is 14.4. The summed E-state index contributed by atoms with van der Waals surface area (Å²) in [5, 5.41) is 8.67. The lowest BCUT2D eigenvalue weighted by atomic mass is 10.3. The van der Waals surface area contributed by atoms with Gasteiger partial charge in [0, 0.05) is 12.8 Å². The highest BCUT2D eigenvalue weighted by atomic mass is 16.3. The summed E-state index contributed by atoms with van der Waals surface area (Å²) in [6.45, 7) is 6.29. The second kappa shape index (κ2) is 7.25. The van der Waals surface area contributed by atoms with E-state index in [0.717, 1.165) is 19.5 Å². The summed E-state index contributed by atoms with van der Waals surface area (Å²) in [6.07, 6.45) is 2.86. The molecule has 3 nitrogen and oxygen atoms in total. The second-order valence-electron chi connectivity index (χ2n) is 3.05. The number of hydrogen-bond acceptors (Lipinski definition) is 3. The van der Waals surface area contributed by atoms with Gasteiger partial charge in [-0.3, -0.25) is 4.99 Å². The largest absolute Gasteiger partial charge is 0.394 e. The summed E-state index contributed by atoms with van der Waals surface area (Å²) in [6, 6.07) is 0.0527. The number of rotatable bonds is 6. The fourth-order valence-corrected chi connectivity index (χ4v) is 0.738. The first kappa shape index (κ1) is 11.6. The highest BCUT2D eigenvalue weighted by Crippen LogP contribution is 1.88. The van der Waals surface area contributed by atoms with E-state index in [1.165, 1.54) is 0 Å². The fourth-order valence-electron chi connectivity index (χ4n) is 0.738. The van der Waals surface area contributed by atoms with Crippen molar-refractivity contribution < 1.29 is 5.11 Å². The molecule has 1 N–H and O–H groups in total. The third-order valence-electron chi connectivity index (χ3n) is 1.80. The number of aliphatic imine (C=N–C) groups is 1. The average molecular weight is 172 g/mol. The number of aliphatic hydroxyl groups is 1. The quantitative estimate of drug-likeness (QED) is 0.601. The molecule has 12 heavy (non-hydrogen) atoms. The van der Waals surface area contributed by atoms with Gasteiger partial charge < -0.3 is 10.0 Å². The van der Waals surface area contributed by atoms with Crippen LogP contribution in [0.4, 0.5) is 0 Å². The summed E-state index contributed by atoms with van der Waals surface area (Å²) in [4.78, 5) is 6.38. The van der Waals surface area contributed by atoms with Crippen molar-refractivity contribution in [3.05, 3.63) is 0 Å². The average Bonchev–Trinajstić information content (AvgIpc) is 2.11. The molecule has 0 aliphatic heterocycles. The van der Waals surface area contributed by atoms with Gasteiger partial charge in [-0.15, -0.1) is 0 Å². The van der Waals surface area contributed by atoms with Crippen LogP contribution in [0.5, 0.6) is 0 Å². The van der Waals surface area contributed by atoms with E-state index in [1.54, 1.807) is 0 Å². The first-order valence-electron chi connectivity index (χ1n) is 4.51. The summed E-state index contributed by atoms with van der Waals surface area (Å²) in [7, 11) is 2.09. The molecule has 0 saturated carbocycles. The van der Waals surface area contributed by atoms with E-state index in [0.29, 0.717) is 0 Å². The molecular weight excluding hydrogens is 152 g/mol. The Hall–Kier alpha value is -0.410. The van der Waals surface area contributed by atoms with Crippen LogP contribution in [0.15, 0.2) is 4.99 Å². The van der Waals surface area contributed by atoms with Crippen molar-refractivity contribution in [3.63, 3.8) is 0 Å². The van der Waals surface area contributed by atoms with Gasteiger partial charge >= 0.3 is 0 Å². The van der Waals surface area contributed by atoms with Gasteiger partial charge in [0.25, 0.3) is 0 Å². The molecule has 0 radical (unpaired) electrons. The van der Waals surface area contributed by atoms with Crippen LogP contribution in [0.25, 0.3) is 0 Å². The minimum absolute atomic E-state index is 0.0527. The molecule has 1 unspecified atom stereocenters. The van der Waals surface area contributed by atoms with Gasteiger partial charge in [-0.25, -0.2) is 0 Å². The molecule has 72 valence electrons. The van der Waals surface area contributed by atoms with Crippen LogP contribution in [0.1, 0.15) is 20.3 Å². The topological polar surface area (TPSA) is 35.8 Å². The smallest absolute Gasteiger partial charge is 0.0698 e. The number of hydrogen-bond donors (Lipinski definition) is 1. The Balaban J connectivity index is 3.35. The van der Waals surface area contributed by atoms with Crippen LogP contribution in [0, 0.1) is 0 Å². The van der Waals surface area contributed by atoms with Crippen molar-refractivity contribution in [2.75, 3.05) is 26.7 Å². The molecule has 0 aromatic rings. The molecule has 0 saturated heterocycles. The Labute approximate surface area is 75.1 Å². The van der Waals surface area contributed by atoms with Crippen LogP contribution in [-0.2, 0) is 0 Å². The van der Waals surface area contributed by atoms with Crippen molar-refractivity contribution in [2.24, 2.45) is 4.99 Å². The molecule has 0 amide bonds. The van der Waals surface area contributed by atoms with Crippen LogP contribution in [0.2, 0.25) is 0 Å². The first-order chi connectivity index (χ1) is 5.70. The van der Waals surface area contributed by atoms with Gasteiger partial charge in [-0.2, -0.15) is 0 Å². The Bertz CT molecular complexity index is 126. The van der Waals surface area contributed by atoms with Crippen LogP contribution in [-0.4, -0.2) is 49.0 Å². The highest BCUT2D eigenvalue weighted by molar-refractivity contribution is 5.57. The predicted molar refractivity (Wildman–Crippen MR) is 52.8 cm³/mol. The molecule has 0 fully saturated rings. The van der Waals surface area contributed by atoms with E-state index in [4.69, 9.17) is 5.11 Å². The molecular formula is C9H20N2O. The maximum absolute atomic E-state index is 8.67. The van der Waals surface area contributed by atoms with Crippen molar-refractivity contribution in [1.29, 1.82) is 0 Å². The maximum Gasteiger partial charge on any atom is 0.0698 e. The lowest BCUT2D eigenvalue weighted by Crippen LogP contribution is -2.19. The standard InChI is InChI=1S/C9H20N2O/c1-4-11(3)7-5-6-10-9(2)8-12/h6,9,12H,4-5,7-8H2,1-3H3/b10-6+. The Morgan fingerprint density at radius 3 is 2.75 bits per heavy atom. The molecule has 0 spiro atoms. The third kappa shape index (κ3) is 6.31. The SMILES string of the molecule is CCN(C)CC/C=N/C(C)CO. The van der Waals surface area contributed by atoms with E-state index in [9.17, 15) is 0 Å². The van der Waals surface area contributed by atoms with E-state index in [-0.39, 0.29) is 12.6 Å². The minimum Gasteiger partial charge on any atom is -0.394 e. The lowest BCUT2D eigenvalue weighted by Gasteiger charge is -2.11. The Kier molecular flexibility index (Phi) is 7.00. The Morgan fingerprint density at radius 2 is 2.25 bits per heavy atom. The van der Waals surface area contributed by atoms with Gasteiger partial charge in [0.1, 0.15) is 0 Å². The zero-order valence-electron chi connectivity index (χ0n) is 8.32. The van der Waals surface area contributed by atoms with Gasteiger partial charge in [-0.1, -0.05) is 6.92 Å². The van der Waals surface area contributed by atoms with Crippen molar-refractivity contribution >= 4 is 6.21 Å². The molecule has 1 atom stereocenters. The highest BCUT2D eigenvalue weighted by Gasteiger charge is 1.93. The maximum atomic E-state index is 8.67. The van der Waals surface area contributed by atoms with Crippen molar-refractivity contribution in [3.8, 4) is 0 Å². The van der Waals surface area contributed by atoms with E-state index in [2.05, 4.69) is 23.9 Å². The lowest BCUT2D eigenvalue weighted by molar-refractivity contribution is 0.274. The van der Waals surface area contributed by atoms with E-state index in [1.807, 2.05) is 13.1 Å². The molecule has 0 aliphatic carbocycles. The zero-order valence-corrected chi connectivity index (χ0v) is 8.32. The molecule has 0 rings (SSSR count). The van der Waals surface area contributed by atoms with Crippen LogP contribution < -0.4 is 0 Å². The van der Waals surface area contributed by atoms with Crippen LogP contribution in [0.3, 0.4) is 0 Å². The molecule has 0 bridgehead atoms. The second-order valence-corrected chi connectivity index (χ2v) is 3.05. The van der Waals surface area contributed by atoms with Crippen LogP contribution >= 0.6 is 0 Å². The summed E-state index contributed by atoms with van der Waals surface area (Å²) in [5.74, 6) is 0. The molecule has 3 heteroatoms. The number of nitrogens with zero attached hydrogens (tertiary/aromatic N) is 2. The minimum atomic E-state index is 0.0527. The molecule has 0 heterocycles. The van der Waals surface area contributed by atoms with Gasteiger partial charge in [0.05, 0.1) is 12.6 Å². The predicted octanol–water partition coefficient (Wildman–Crippen LogP) is 0.780. The molecule has 0 aromatic heterocycles. The van der Waals surface area contributed by atoms with E-state index >= 15 is 0 Å². The molecule has 0 aromatic carbocycles. The first-order valence-corrected chi connectivity index (χ1v) is 4.51.